The van der Waals surface area contributed by atoms with Crippen LogP contribution in [-0.4, -0.2) is 36.7 Å². The van der Waals surface area contributed by atoms with Crippen molar-refractivity contribution in [1.82, 2.24) is 5.32 Å². The zero-order valence-electron chi connectivity index (χ0n) is 9.51. The van der Waals surface area contributed by atoms with Gasteiger partial charge in [0, 0.05) is 18.5 Å². The van der Waals surface area contributed by atoms with Gasteiger partial charge in [-0.1, -0.05) is 6.07 Å². The van der Waals surface area contributed by atoms with Crippen LogP contribution >= 0.6 is 11.3 Å². The molecule has 1 rings (SSSR count). The van der Waals surface area contributed by atoms with Crippen molar-refractivity contribution in [2.24, 2.45) is 0 Å². The molecule has 1 atom stereocenters. The molecule has 0 aliphatic carbocycles. The van der Waals surface area contributed by atoms with Crippen molar-refractivity contribution in [1.29, 1.82) is 0 Å². The number of hydrogen-bond acceptors (Lipinski definition) is 4. The van der Waals surface area contributed by atoms with E-state index in [-0.39, 0.29) is 18.9 Å². The van der Waals surface area contributed by atoms with Crippen molar-refractivity contribution in [3.8, 4) is 0 Å². The molecule has 17 heavy (non-hydrogen) atoms. The molecule has 1 aromatic rings. The second-order valence-corrected chi connectivity index (χ2v) is 4.55. The number of ether oxygens (including phenoxy) is 1. The van der Waals surface area contributed by atoms with E-state index in [1.54, 1.807) is 0 Å². The van der Waals surface area contributed by atoms with Crippen molar-refractivity contribution in [3.05, 3.63) is 22.4 Å². The van der Waals surface area contributed by atoms with Crippen molar-refractivity contribution < 1.29 is 19.4 Å². The lowest BCUT2D eigenvalue weighted by atomic mass is 10.2. The number of rotatable bonds is 7. The summed E-state index contributed by atoms with van der Waals surface area (Å²) in [6.07, 6.45) is -0.281. The third-order valence-corrected chi connectivity index (χ3v) is 3.05. The first-order valence-corrected chi connectivity index (χ1v) is 6.03. The van der Waals surface area contributed by atoms with Gasteiger partial charge in [-0.05, 0) is 11.4 Å². The Morgan fingerprint density at radius 3 is 2.88 bits per heavy atom. The molecule has 0 aliphatic rings. The van der Waals surface area contributed by atoms with Crippen LogP contribution in [0.15, 0.2) is 17.5 Å². The van der Waals surface area contributed by atoms with E-state index in [0.717, 1.165) is 4.88 Å². The van der Waals surface area contributed by atoms with Crippen LogP contribution < -0.4 is 5.32 Å². The second-order valence-electron chi connectivity index (χ2n) is 3.52. The molecule has 0 saturated heterocycles. The molecule has 1 unspecified atom stereocenters. The van der Waals surface area contributed by atoms with Crippen molar-refractivity contribution in [2.75, 3.05) is 13.7 Å². The maximum atomic E-state index is 11.5. The number of thiophene rings is 1. The van der Waals surface area contributed by atoms with Crippen LogP contribution in [0.1, 0.15) is 11.3 Å². The summed E-state index contributed by atoms with van der Waals surface area (Å²) in [6, 6.07) is 3.77. The summed E-state index contributed by atoms with van der Waals surface area (Å²) < 4.78 is 4.95. The SMILES string of the molecule is COC(CNC(=O)Cc1cccs1)CC(=O)O. The average Bonchev–Trinajstić information content (AvgIpc) is 2.76. The first-order valence-electron chi connectivity index (χ1n) is 5.15. The summed E-state index contributed by atoms with van der Waals surface area (Å²) in [4.78, 5) is 23.0. The van der Waals surface area contributed by atoms with Gasteiger partial charge in [-0.2, -0.15) is 0 Å². The van der Waals surface area contributed by atoms with Crippen LogP contribution in [0.2, 0.25) is 0 Å². The Hall–Kier alpha value is -1.40. The van der Waals surface area contributed by atoms with Crippen LogP contribution in [-0.2, 0) is 20.7 Å². The highest BCUT2D eigenvalue weighted by atomic mass is 32.1. The molecule has 94 valence electrons. The maximum Gasteiger partial charge on any atom is 0.306 e. The van der Waals surface area contributed by atoms with Crippen molar-refractivity contribution in [3.63, 3.8) is 0 Å². The third kappa shape index (κ3) is 5.46. The molecule has 0 spiro atoms. The number of nitrogens with one attached hydrogen (secondary N) is 1. The van der Waals surface area contributed by atoms with E-state index in [1.807, 2.05) is 17.5 Å². The topological polar surface area (TPSA) is 75.6 Å². The van der Waals surface area contributed by atoms with Gasteiger partial charge >= 0.3 is 5.97 Å². The highest BCUT2D eigenvalue weighted by Gasteiger charge is 2.13. The van der Waals surface area contributed by atoms with Gasteiger partial charge in [-0.25, -0.2) is 0 Å². The predicted molar refractivity (Wildman–Crippen MR) is 64.1 cm³/mol. The summed E-state index contributed by atoms with van der Waals surface area (Å²) in [5.41, 5.74) is 0. The number of aliphatic carboxylic acids is 1. The molecule has 1 amide bonds. The Bertz CT molecular complexity index is 364. The smallest absolute Gasteiger partial charge is 0.306 e. The fourth-order valence-electron chi connectivity index (χ4n) is 1.30. The van der Waals surface area contributed by atoms with E-state index in [0.29, 0.717) is 6.42 Å². The minimum atomic E-state index is -0.940. The first-order chi connectivity index (χ1) is 8.11. The number of amides is 1. The molecule has 5 nitrogen and oxygen atoms in total. The van der Waals surface area contributed by atoms with E-state index in [2.05, 4.69) is 5.32 Å². The zero-order chi connectivity index (χ0) is 12.7. The van der Waals surface area contributed by atoms with Crippen LogP contribution in [0.5, 0.6) is 0 Å². The van der Waals surface area contributed by atoms with Gasteiger partial charge in [0.25, 0.3) is 0 Å². The fourth-order valence-corrected chi connectivity index (χ4v) is 2.00. The van der Waals surface area contributed by atoms with Crippen molar-refractivity contribution >= 4 is 23.2 Å². The molecule has 0 aromatic carbocycles. The summed E-state index contributed by atoms with van der Waals surface area (Å²) in [5, 5.41) is 13.2. The van der Waals surface area contributed by atoms with Crippen LogP contribution in [0.4, 0.5) is 0 Å². The van der Waals surface area contributed by atoms with E-state index < -0.39 is 12.1 Å². The lowest BCUT2D eigenvalue weighted by Gasteiger charge is -2.13. The van der Waals surface area contributed by atoms with Crippen LogP contribution in [0.3, 0.4) is 0 Å². The quantitative estimate of drug-likeness (QED) is 0.761. The molecule has 0 radical (unpaired) electrons. The average molecular weight is 257 g/mol. The predicted octanol–water partition coefficient (Wildman–Crippen LogP) is 0.896. The monoisotopic (exact) mass is 257 g/mol. The summed E-state index contributed by atoms with van der Waals surface area (Å²) in [6.45, 7) is 0.215. The maximum absolute atomic E-state index is 11.5. The molecule has 1 heterocycles. The van der Waals surface area contributed by atoms with Gasteiger partial charge in [-0.15, -0.1) is 11.3 Å². The fraction of sp³-hybridized carbons (Fsp3) is 0.455. The molecule has 0 aliphatic heterocycles. The molecule has 2 N–H and O–H groups in total. The summed E-state index contributed by atoms with van der Waals surface area (Å²) in [7, 11) is 1.43. The lowest BCUT2D eigenvalue weighted by molar-refractivity contribution is -0.140. The minimum absolute atomic E-state index is 0.115. The van der Waals surface area contributed by atoms with Gasteiger partial charge < -0.3 is 15.2 Å². The molecule has 0 bridgehead atoms. The Balaban J connectivity index is 2.29. The molecule has 1 aromatic heterocycles. The number of carboxylic acids is 1. The number of carboxylic acid groups (broad SMARTS) is 1. The van der Waals surface area contributed by atoms with E-state index >= 15 is 0 Å². The second kappa shape index (κ2) is 7.03. The summed E-state index contributed by atoms with van der Waals surface area (Å²) >= 11 is 1.52. The largest absolute Gasteiger partial charge is 0.481 e. The third-order valence-electron chi connectivity index (χ3n) is 2.18. The highest BCUT2D eigenvalue weighted by molar-refractivity contribution is 7.10. The van der Waals surface area contributed by atoms with Crippen molar-refractivity contribution in [2.45, 2.75) is 18.9 Å². The number of carbonyl (C=O) groups is 2. The minimum Gasteiger partial charge on any atom is -0.481 e. The highest BCUT2D eigenvalue weighted by Crippen LogP contribution is 2.08. The van der Waals surface area contributed by atoms with Crippen LogP contribution in [0, 0.1) is 0 Å². The molecule has 6 heteroatoms. The van der Waals surface area contributed by atoms with Gasteiger partial charge in [0.1, 0.15) is 0 Å². The Morgan fingerprint density at radius 2 is 2.35 bits per heavy atom. The van der Waals surface area contributed by atoms with Gasteiger partial charge in [0.05, 0.1) is 18.9 Å². The van der Waals surface area contributed by atoms with Gasteiger partial charge in [-0.3, -0.25) is 9.59 Å². The zero-order valence-corrected chi connectivity index (χ0v) is 10.3. The Morgan fingerprint density at radius 1 is 1.59 bits per heavy atom. The number of methoxy groups -OCH3 is 1. The first kappa shape index (κ1) is 13.7. The number of hydrogen-bond donors (Lipinski definition) is 2. The Labute approximate surface area is 103 Å². The summed E-state index contributed by atoms with van der Waals surface area (Å²) in [5.74, 6) is -1.07. The lowest BCUT2D eigenvalue weighted by Crippen LogP contribution is -2.35. The standard InChI is InChI=1S/C11H15NO4S/c1-16-8(5-11(14)15)7-12-10(13)6-9-3-2-4-17-9/h2-4,8H,5-7H2,1H3,(H,12,13)(H,14,15). The van der Waals surface area contributed by atoms with Crippen LogP contribution in [0.25, 0.3) is 0 Å². The van der Waals surface area contributed by atoms with E-state index in [9.17, 15) is 9.59 Å². The Kier molecular flexibility index (Phi) is 5.65. The van der Waals surface area contributed by atoms with E-state index in [4.69, 9.17) is 9.84 Å². The molecular formula is C11H15NO4S. The number of carbonyl (C=O) groups excluding carboxylic acids is 1. The normalized spacial score (nSPS) is 12.1. The van der Waals surface area contributed by atoms with Gasteiger partial charge in [0.15, 0.2) is 0 Å². The molecular weight excluding hydrogens is 242 g/mol. The van der Waals surface area contributed by atoms with E-state index in [1.165, 1.54) is 18.4 Å². The molecule has 0 fully saturated rings. The van der Waals surface area contributed by atoms with Gasteiger partial charge in [0.2, 0.25) is 5.91 Å². The molecule has 0 saturated carbocycles.